The molecule has 0 aliphatic carbocycles. The van der Waals surface area contributed by atoms with Gasteiger partial charge >= 0.3 is 11.9 Å². The number of carbonyl (C=O) groups excluding carboxylic acids is 4. The zero-order valence-corrected chi connectivity index (χ0v) is 17.9. The minimum absolute atomic E-state index is 0.0898. The molecule has 0 saturated carbocycles. The van der Waals surface area contributed by atoms with Gasteiger partial charge in [-0.15, -0.1) is 0 Å². The second-order valence-electron chi connectivity index (χ2n) is 7.54. The van der Waals surface area contributed by atoms with Crippen molar-refractivity contribution in [1.82, 2.24) is 16.0 Å². The quantitative estimate of drug-likeness (QED) is 0.120. The third-order valence-electron chi connectivity index (χ3n) is 4.18. The van der Waals surface area contributed by atoms with Gasteiger partial charge in [0.15, 0.2) is 0 Å². The largest absolute Gasteiger partial charge is 0.481 e. The highest BCUT2D eigenvalue weighted by Crippen LogP contribution is 2.04. The predicted molar refractivity (Wildman–Crippen MR) is 109 cm³/mol. The van der Waals surface area contributed by atoms with Crippen molar-refractivity contribution in [1.29, 1.82) is 0 Å². The zero-order valence-electron chi connectivity index (χ0n) is 17.9. The molecule has 10 N–H and O–H groups in total. The number of carbonyl (C=O) groups is 6. The highest BCUT2D eigenvalue weighted by Gasteiger charge is 2.31. The standard InChI is InChI=1S/C18H31N5O9/c1-8(2)5-9(19)15(28)23-12(7-24)17(30)21-10(3-4-13(20)25)16(29)22-11(18(31)32)6-14(26)27/h8-12,24H,3-7,19H2,1-2H3,(H2,20,25)(H,21,30)(H,22,29)(H,23,28)(H,26,27)(H,31,32). The van der Waals surface area contributed by atoms with Crippen LogP contribution in [0.2, 0.25) is 0 Å². The minimum atomic E-state index is -1.80. The first kappa shape index (κ1) is 28.7. The van der Waals surface area contributed by atoms with Gasteiger partial charge in [0.25, 0.3) is 0 Å². The van der Waals surface area contributed by atoms with Gasteiger partial charge in [-0.25, -0.2) is 4.79 Å². The Morgan fingerprint density at radius 3 is 1.78 bits per heavy atom. The van der Waals surface area contributed by atoms with E-state index in [2.05, 4.69) is 10.6 Å². The van der Waals surface area contributed by atoms with Crippen molar-refractivity contribution >= 4 is 35.6 Å². The lowest BCUT2D eigenvalue weighted by molar-refractivity contribution is -0.147. The number of aliphatic carboxylic acids is 2. The maximum absolute atomic E-state index is 12.5. The Hall–Kier alpha value is -3.26. The van der Waals surface area contributed by atoms with Crippen LogP contribution >= 0.6 is 0 Å². The molecule has 14 heteroatoms. The molecule has 14 nitrogen and oxygen atoms in total. The molecule has 0 bridgehead atoms. The lowest BCUT2D eigenvalue weighted by Gasteiger charge is -2.24. The van der Waals surface area contributed by atoms with Crippen molar-refractivity contribution < 1.29 is 44.1 Å². The van der Waals surface area contributed by atoms with Crippen molar-refractivity contribution in [3.63, 3.8) is 0 Å². The lowest BCUT2D eigenvalue weighted by Crippen LogP contribution is -2.58. The number of aliphatic hydroxyl groups is 1. The summed E-state index contributed by atoms with van der Waals surface area (Å²) in [4.78, 5) is 70.1. The first-order valence-corrected chi connectivity index (χ1v) is 9.78. The Morgan fingerprint density at radius 1 is 0.844 bits per heavy atom. The molecule has 4 amide bonds. The number of nitrogens with one attached hydrogen (secondary N) is 3. The van der Waals surface area contributed by atoms with E-state index in [0.717, 1.165) is 0 Å². The molecular formula is C18H31N5O9. The van der Waals surface area contributed by atoms with E-state index < -0.39 is 72.8 Å². The maximum Gasteiger partial charge on any atom is 0.326 e. The van der Waals surface area contributed by atoms with Gasteiger partial charge in [-0.05, 0) is 18.8 Å². The zero-order chi connectivity index (χ0) is 25.0. The van der Waals surface area contributed by atoms with Crippen LogP contribution in [-0.2, 0) is 28.8 Å². The van der Waals surface area contributed by atoms with E-state index >= 15 is 0 Å². The normalized spacial score (nSPS) is 14.5. The molecule has 0 aromatic rings. The highest BCUT2D eigenvalue weighted by atomic mass is 16.4. The van der Waals surface area contributed by atoms with Crippen molar-refractivity contribution in [2.45, 2.75) is 63.7 Å². The number of primary amides is 1. The lowest BCUT2D eigenvalue weighted by atomic mass is 10.0. The van der Waals surface area contributed by atoms with Crippen LogP contribution in [-0.4, -0.2) is 81.7 Å². The molecule has 0 radical (unpaired) electrons. The molecule has 0 saturated heterocycles. The number of hydrogen-bond acceptors (Lipinski definition) is 8. The van der Waals surface area contributed by atoms with Gasteiger partial charge in [-0.2, -0.15) is 0 Å². The molecule has 0 aliphatic heterocycles. The summed E-state index contributed by atoms with van der Waals surface area (Å²) in [6, 6.07) is -5.73. The average Bonchev–Trinajstić information content (AvgIpc) is 2.66. The fourth-order valence-electron chi connectivity index (χ4n) is 2.56. The topological polar surface area (TPSA) is 251 Å². The van der Waals surface area contributed by atoms with E-state index in [1.54, 1.807) is 0 Å². The molecule has 32 heavy (non-hydrogen) atoms. The Labute approximate surface area is 184 Å². The molecule has 0 fully saturated rings. The van der Waals surface area contributed by atoms with Crippen LogP contribution in [0.5, 0.6) is 0 Å². The second kappa shape index (κ2) is 13.9. The number of carboxylic acid groups (broad SMARTS) is 2. The number of rotatable bonds is 15. The van der Waals surface area contributed by atoms with Crippen molar-refractivity contribution in [2.75, 3.05) is 6.61 Å². The van der Waals surface area contributed by atoms with Gasteiger partial charge < -0.3 is 42.7 Å². The van der Waals surface area contributed by atoms with Gasteiger partial charge in [0, 0.05) is 6.42 Å². The third kappa shape index (κ3) is 11.2. The highest BCUT2D eigenvalue weighted by molar-refractivity contribution is 5.95. The number of hydrogen-bond donors (Lipinski definition) is 8. The van der Waals surface area contributed by atoms with Crippen molar-refractivity contribution in [2.24, 2.45) is 17.4 Å². The Balaban J connectivity index is 5.35. The number of aliphatic hydroxyl groups excluding tert-OH is 1. The maximum atomic E-state index is 12.5. The Morgan fingerprint density at radius 2 is 1.34 bits per heavy atom. The molecule has 182 valence electrons. The molecule has 4 unspecified atom stereocenters. The summed E-state index contributed by atoms with van der Waals surface area (Å²) in [7, 11) is 0. The van der Waals surface area contributed by atoms with Crippen LogP contribution in [0.15, 0.2) is 0 Å². The van der Waals surface area contributed by atoms with Crippen molar-refractivity contribution in [3.8, 4) is 0 Å². The van der Waals surface area contributed by atoms with E-state index in [4.69, 9.17) is 21.7 Å². The fourth-order valence-corrected chi connectivity index (χ4v) is 2.56. The van der Waals surface area contributed by atoms with Crippen LogP contribution in [0, 0.1) is 5.92 Å². The Bertz CT molecular complexity index is 713. The van der Waals surface area contributed by atoms with E-state index in [1.165, 1.54) is 0 Å². The van der Waals surface area contributed by atoms with Crippen LogP contribution in [0.25, 0.3) is 0 Å². The van der Waals surface area contributed by atoms with E-state index in [-0.39, 0.29) is 18.8 Å². The van der Waals surface area contributed by atoms with Gasteiger partial charge in [0.1, 0.15) is 18.1 Å². The molecule has 4 atom stereocenters. The van der Waals surface area contributed by atoms with Gasteiger partial charge in [-0.1, -0.05) is 13.8 Å². The van der Waals surface area contributed by atoms with Crippen LogP contribution in [0.4, 0.5) is 0 Å². The molecule has 0 heterocycles. The molecule has 0 aliphatic rings. The Kier molecular flexibility index (Phi) is 12.5. The predicted octanol–water partition coefficient (Wildman–Crippen LogP) is -3.37. The monoisotopic (exact) mass is 461 g/mol. The van der Waals surface area contributed by atoms with E-state index in [9.17, 15) is 33.9 Å². The van der Waals surface area contributed by atoms with Crippen LogP contribution in [0.1, 0.15) is 39.5 Å². The minimum Gasteiger partial charge on any atom is -0.481 e. The van der Waals surface area contributed by atoms with Crippen LogP contribution in [0.3, 0.4) is 0 Å². The van der Waals surface area contributed by atoms with Crippen molar-refractivity contribution in [3.05, 3.63) is 0 Å². The molecule has 0 spiro atoms. The smallest absolute Gasteiger partial charge is 0.326 e. The first-order valence-electron chi connectivity index (χ1n) is 9.78. The molecule has 0 aromatic carbocycles. The summed E-state index contributed by atoms with van der Waals surface area (Å²) in [5.74, 6) is -6.65. The van der Waals surface area contributed by atoms with Gasteiger partial charge in [0.2, 0.25) is 23.6 Å². The number of nitrogens with two attached hydrogens (primary N) is 2. The average molecular weight is 461 g/mol. The molecule has 0 aromatic heterocycles. The van der Waals surface area contributed by atoms with Gasteiger partial charge in [0.05, 0.1) is 19.1 Å². The molecule has 0 rings (SSSR count). The summed E-state index contributed by atoms with van der Waals surface area (Å²) in [5, 5.41) is 33.7. The molecular weight excluding hydrogens is 430 g/mol. The fraction of sp³-hybridized carbons (Fsp3) is 0.667. The SMILES string of the molecule is CC(C)CC(N)C(=O)NC(CO)C(=O)NC(CCC(N)=O)C(=O)NC(CC(=O)O)C(=O)O. The summed E-state index contributed by atoms with van der Waals surface area (Å²) < 4.78 is 0. The number of carboxylic acids is 2. The summed E-state index contributed by atoms with van der Waals surface area (Å²) in [5.41, 5.74) is 10.8. The second-order valence-corrected chi connectivity index (χ2v) is 7.54. The van der Waals surface area contributed by atoms with E-state index in [0.29, 0.717) is 6.42 Å². The van der Waals surface area contributed by atoms with E-state index in [1.807, 2.05) is 19.2 Å². The summed E-state index contributed by atoms with van der Waals surface area (Å²) in [6.45, 7) is 2.83. The van der Waals surface area contributed by atoms with Gasteiger partial charge in [-0.3, -0.25) is 24.0 Å². The summed E-state index contributed by atoms with van der Waals surface area (Å²) in [6.07, 6.45) is -1.33. The number of amides is 4. The summed E-state index contributed by atoms with van der Waals surface area (Å²) >= 11 is 0. The third-order valence-corrected chi connectivity index (χ3v) is 4.18. The van der Waals surface area contributed by atoms with Crippen LogP contribution < -0.4 is 27.4 Å². The first-order chi connectivity index (χ1) is 14.8.